The Kier molecular flexibility index (Phi) is 5.96. The van der Waals surface area contributed by atoms with E-state index in [0.29, 0.717) is 0 Å². The molecule has 36 heavy (non-hydrogen) atoms. The maximum absolute atomic E-state index is 3.57. The Balaban J connectivity index is 1.80. The lowest BCUT2D eigenvalue weighted by molar-refractivity contribution is 1.22. The van der Waals surface area contributed by atoms with E-state index in [-0.39, 0.29) is 0 Å². The van der Waals surface area contributed by atoms with Crippen molar-refractivity contribution >= 4 is 39.4 Å². The minimum absolute atomic E-state index is 0.986. The topological polar surface area (TPSA) is 63.2 Å². The first-order valence-corrected chi connectivity index (χ1v) is 19.3. The van der Waals surface area contributed by atoms with Gasteiger partial charge in [0.05, 0.1) is 33.2 Å². The molecule has 1 aliphatic heterocycles. The number of aromatic nitrogens is 4. The molecule has 5 heterocycles. The Labute approximate surface area is 214 Å². The number of H-pyrrole nitrogens is 4. The summed E-state index contributed by atoms with van der Waals surface area (Å²) in [5.41, 5.74) is 13.1. The van der Waals surface area contributed by atoms with E-state index in [9.17, 15) is 0 Å². The number of hydrogen-bond donors (Lipinski definition) is 4. The van der Waals surface area contributed by atoms with Crippen LogP contribution < -0.4 is 21.4 Å². The van der Waals surface area contributed by atoms with Crippen LogP contribution in [0.5, 0.6) is 0 Å². The lowest BCUT2D eigenvalue weighted by Crippen LogP contribution is -2.18. The van der Waals surface area contributed by atoms with Gasteiger partial charge in [0.2, 0.25) is 0 Å². The molecule has 0 amide bonds. The van der Waals surface area contributed by atoms with Crippen LogP contribution in [-0.4, -0.2) is 36.1 Å². The predicted octanol–water partition coefficient (Wildman–Crippen LogP) is 3.13. The summed E-state index contributed by atoms with van der Waals surface area (Å²) in [6.45, 7) is 13.6. The molecule has 0 atom stereocenters. The van der Waals surface area contributed by atoms with Crippen LogP contribution in [0.3, 0.4) is 0 Å². The minimum Gasteiger partial charge on any atom is -0.354 e. The van der Waals surface area contributed by atoms with E-state index < -0.39 is 16.1 Å². The Bertz CT molecular complexity index is 1680. The van der Waals surface area contributed by atoms with Crippen LogP contribution in [-0.2, 0) is 0 Å². The average Bonchev–Trinajstić information content (AvgIpc) is 3.57. The Morgan fingerprint density at radius 1 is 0.500 bits per heavy atom. The largest absolute Gasteiger partial charge is 0.354 e. The Morgan fingerprint density at radius 2 is 0.917 bits per heavy atom. The van der Waals surface area contributed by atoms with E-state index in [0.717, 1.165) is 55.3 Å². The molecular weight excluding hydrogens is 473 g/mol. The lowest BCUT2D eigenvalue weighted by Gasteiger charge is -2.04. The number of fused-ring (bicyclic) bond motifs is 8. The summed E-state index contributed by atoms with van der Waals surface area (Å²) in [6.07, 6.45) is 4.25. The maximum Gasteiger partial charge on any atom is 0.129 e. The summed E-state index contributed by atoms with van der Waals surface area (Å²) < 4.78 is 0. The number of rotatable bonds is 0. The first-order valence-electron chi connectivity index (χ1n) is 12.3. The van der Waals surface area contributed by atoms with Crippen molar-refractivity contribution in [3.63, 3.8) is 0 Å². The van der Waals surface area contributed by atoms with Crippen molar-refractivity contribution in [3.8, 4) is 22.9 Å². The van der Waals surface area contributed by atoms with Crippen LogP contribution >= 0.6 is 0 Å². The van der Waals surface area contributed by atoms with E-state index in [1.807, 2.05) is 0 Å². The molecule has 0 spiro atoms. The van der Waals surface area contributed by atoms with E-state index in [1.54, 1.807) is 0 Å². The molecule has 0 unspecified atom stereocenters. The normalized spacial score (nSPS) is 13.2. The van der Waals surface area contributed by atoms with Gasteiger partial charge in [0, 0.05) is 22.1 Å². The number of aromatic amines is 4. The van der Waals surface area contributed by atoms with Crippen molar-refractivity contribution in [2.45, 2.75) is 39.3 Å². The molecule has 4 aromatic heterocycles. The molecular formula is C30H32N4Si2. The minimum atomic E-state index is -1.55. The van der Waals surface area contributed by atoms with Crippen molar-refractivity contribution in [1.82, 2.24) is 19.9 Å². The number of hydrogen-bond acceptors (Lipinski definition) is 0. The van der Waals surface area contributed by atoms with E-state index in [2.05, 4.69) is 143 Å². The van der Waals surface area contributed by atoms with Crippen molar-refractivity contribution in [1.29, 1.82) is 0 Å². The Hall–Kier alpha value is -3.85. The highest BCUT2D eigenvalue weighted by Gasteiger charge is 2.12. The lowest BCUT2D eigenvalue weighted by atomic mass is 10.2. The zero-order valence-corrected chi connectivity index (χ0v) is 23.8. The van der Waals surface area contributed by atoms with Crippen molar-refractivity contribution < 1.29 is 0 Å². The highest BCUT2D eigenvalue weighted by atomic mass is 28.3. The molecule has 4 nitrogen and oxygen atoms in total. The summed E-state index contributed by atoms with van der Waals surface area (Å²) in [6, 6.07) is 16.9. The van der Waals surface area contributed by atoms with Gasteiger partial charge in [0.25, 0.3) is 0 Å². The van der Waals surface area contributed by atoms with Crippen LogP contribution in [0.4, 0.5) is 0 Å². The fraction of sp³-hybridized carbons (Fsp3) is 0.200. The van der Waals surface area contributed by atoms with Gasteiger partial charge in [-0.25, -0.2) is 0 Å². The van der Waals surface area contributed by atoms with Gasteiger partial charge in [-0.2, -0.15) is 0 Å². The van der Waals surface area contributed by atoms with Gasteiger partial charge in [-0.1, -0.05) is 51.1 Å². The molecule has 4 N–H and O–H groups in total. The molecule has 0 radical (unpaired) electrons. The highest BCUT2D eigenvalue weighted by molar-refractivity contribution is 6.84. The van der Waals surface area contributed by atoms with Crippen LogP contribution in [0, 0.1) is 22.9 Å². The van der Waals surface area contributed by atoms with Gasteiger partial charge in [0.15, 0.2) is 0 Å². The van der Waals surface area contributed by atoms with Crippen LogP contribution in [0.25, 0.3) is 23.3 Å². The summed E-state index contributed by atoms with van der Waals surface area (Å²) in [7, 11) is -3.10. The molecule has 0 saturated heterocycles. The molecule has 0 aromatic carbocycles. The van der Waals surface area contributed by atoms with Gasteiger partial charge in [-0.3, -0.25) is 0 Å². The zero-order chi connectivity index (χ0) is 25.5. The van der Waals surface area contributed by atoms with Gasteiger partial charge >= 0.3 is 0 Å². The first kappa shape index (κ1) is 23.9. The average molecular weight is 505 g/mol. The van der Waals surface area contributed by atoms with Crippen LogP contribution in [0.2, 0.25) is 39.3 Å². The number of nitrogens with one attached hydrogen (secondary N) is 4. The quantitative estimate of drug-likeness (QED) is 0.210. The van der Waals surface area contributed by atoms with Crippen molar-refractivity contribution in [2.24, 2.45) is 0 Å². The highest BCUT2D eigenvalue weighted by Crippen LogP contribution is 2.13. The van der Waals surface area contributed by atoms with Crippen molar-refractivity contribution in [2.75, 3.05) is 0 Å². The SMILES string of the molecule is C[Si](C)(C)C#CC1=c2ccc([nH]2)=Cc2ccc([nH]2)C(C#C[Si](C)(C)C)=c2ccc([nH]2)=Cc2ccc1[nH]2. The second-order valence-electron chi connectivity index (χ2n) is 11.3. The third-order valence-corrected chi connectivity index (χ3v) is 7.41. The second-order valence-corrected chi connectivity index (χ2v) is 20.8. The molecule has 4 aromatic rings. The maximum atomic E-state index is 3.57. The summed E-state index contributed by atoms with van der Waals surface area (Å²) in [4.78, 5) is 14.3. The summed E-state index contributed by atoms with van der Waals surface area (Å²) >= 11 is 0. The fourth-order valence-electron chi connectivity index (χ4n) is 3.96. The van der Waals surface area contributed by atoms with E-state index in [4.69, 9.17) is 0 Å². The van der Waals surface area contributed by atoms with Crippen LogP contribution in [0.15, 0.2) is 48.5 Å². The molecule has 0 fully saturated rings. The van der Waals surface area contributed by atoms with Gasteiger partial charge in [0.1, 0.15) is 16.1 Å². The zero-order valence-electron chi connectivity index (χ0n) is 21.8. The van der Waals surface area contributed by atoms with Gasteiger partial charge in [-0.15, -0.1) is 11.1 Å². The predicted molar refractivity (Wildman–Crippen MR) is 156 cm³/mol. The second kappa shape index (κ2) is 8.98. The van der Waals surface area contributed by atoms with E-state index in [1.165, 1.54) is 0 Å². The smallest absolute Gasteiger partial charge is 0.129 e. The fourth-order valence-corrected chi connectivity index (χ4v) is 4.96. The molecule has 0 saturated carbocycles. The molecule has 1 aliphatic rings. The molecule has 0 aliphatic carbocycles. The van der Waals surface area contributed by atoms with Crippen molar-refractivity contribution in [3.05, 3.63) is 92.7 Å². The molecule has 8 bridgehead atoms. The molecule has 6 heteroatoms. The molecule has 5 rings (SSSR count). The summed E-state index contributed by atoms with van der Waals surface area (Å²) in [5.74, 6) is 6.99. The van der Waals surface area contributed by atoms with E-state index >= 15 is 0 Å². The third kappa shape index (κ3) is 5.52. The standard InChI is InChI=1S/C30H32N4Si2/c1-35(2,3)17-15-25-27-11-7-21(31-27)19-23-9-13-29(33-23)26(16-18-36(4,5)6)30-14-10-24(34-30)20-22-8-12-28(25)32-22/h7-14,19-20,31-34H,1-6H3. The third-order valence-electron chi connectivity index (χ3n) is 5.66. The monoisotopic (exact) mass is 504 g/mol. The summed E-state index contributed by atoms with van der Waals surface area (Å²) in [5, 5.41) is 4.06. The first-order chi connectivity index (χ1) is 17.0. The molecule has 180 valence electrons. The van der Waals surface area contributed by atoms with Gasteiger partial charge in [-0.05, 0) is 60.7 Å². The van der Waals surface area contributed by atoms with Crippen LogP contribution in [0.1, 0.15) is 22.8 Å². The Morgan fingerprint density at radius 3 is 1.31 bits per heavy atom. The van der Waals surface area contributed by atoms with Gasteiger partial charge < -0.3 is 19.9 Å².